The summed E-state index contributed by atoms with van der Waals surface area (Å²) in [6.45, 7) is 3.58. The topological polar surface area (TPSA) is 86.6 Å². The van der Waals surface area contributed by atoms with E-state index in [0.29, 0.717) is 10.4 Å². The number of fused-ring (bicyclic) bond motifs is 1. The summed E-state index contributed by atoms with van der Waals surface area (Å²) in [5, 5.41) is 13.5. The average Bonchev–Trinajstić information content (AvgIpc) is 2.52. The van der Waals surface area contributed by atoms with Gasteiger partial charge in [-0.3, -0.25) is 4.55 Å². The number of aliphatic hydroxyl groups is 1. The Morgan fingerprint density at radius 1 is 1.04 bits per heavy atom. The monoisotopic (exact) mass is 345 g/mol. The number of anilines is 2. The van der Waals surface area contributed by atoms with Crippen molar-refractivity contribution in [2.45, 2.75) is 19.1 Å². The molecule has 2 atom stereocenters. The van der Waals surface area contributed by atoms with E-state index in [1.54, 1.807) is 19.1 Å². The lowest BCUT2D eigenvalue weighted by Gasteiger charge is -2.21. The highest BCUT2D eigenvalue weighted by Crippen LogP contribution is 2.22. The van der Waals surface area contributed by atoms with Crippen LogP contribution in [0, 0.1) is 12.8 Å². The molecule has 5 nitrogen and oxygen atoms in total. The molecule has 0 bridgehead atoms. The van der Waals surface area contributed by atoms with Crippen LogP contribution in [0.1, 0.15) is 12.5 Å². The van der Waals surface area contributed by atoms with Gasteiger partial charge >= 0.3 is 0 Å². The Labute approximate surface area is 140 Å². The summed E-state index contributed by atoms with van der Waals surface area (Å²) >= 11 is 0. The second kappa shape index (κ2) is 5.96. The molecule has 1 aliphatic rings. The van der Waals surface area contributed by atoms with Crippen molar-refractivity contribution >= 4 is 33.3 Å². The number of rotatable bonds is 3. The smallest absolute Gasteiger partial charge is 0.272 e. The maximum atomic E-state index is 11.5. The lowest BCUT2D eigenvalue weighted by molar-refractivity contribution is 0.417. The fourth-order valence-corrected chi connectivity index (χ4v) is 3.84. The first-order valence-electron chi connectivity index (χ1n) is 7.61. The van der Waals surface area contributed by atoms with Gasteiger partial charge in [-0.05, 0) is 42.5 Å². The zero-order chi connectivity index (χ0) is 17.5. The van der Waals surface area contributed by atoms with Crippen molar-refractivity contribution in [1.29, 1.82) is 0 Å². The molecule has 24 heavy (non-hydrogen) atoms. The molecule has 2 unspecified atom stereocenters. The summed E-state index contributed by atoms with van der Waals surface area (Å²) in [7, 11) is -4.28. The first kappa shape index (κ1) is 16.5. The fraction of sp³-hybridized carbons (Fsp3) is 0.222. The van der Waals surface area contributed by atoms with Crippen LogP contribution >= 0.6 is 0 Å². The van der Waals surface area contributed by atoms with Crippen molar-refractivity contribution in [2.24, 2.45) is 5.92 Å². The molecule has 0 spiro atoms. The fourth-order valence-electron chi connectivity index (χ4n) is 2.88. The van der Waals surface area contributed by atoms with Crippen molar-refractivity contribution in [3.8, 4) is 0 Å². The molecule has 0 amide bonds. The van der Waals surface area contributed by atoms with E-state index in [9.17, 15) is 18.1 Å². The van der Waals surface area contributed by atoms with E-state index in [1.165, 1.54) is 6.08 Å². The summed E-state index contributed by atoms with van der Waals surface area (Å²) in [4.78, 5) is 0. The van der Waals surface area contributed by atoms with Crippen molar-refractivity contribution in [2.75, 3.05) is 5.32 Å². The zero-order valence-electron chi connectivity index (χ0n) is 13.4. The van der Waals surface area contributed by atoms with E-state index in [-0.39, 0.29) is 5.76 Å². The second-order valence-corrected chi connectivity index (χ2v) is 7.69. The number of nitrogens with one attached hydrogen (secondary N) is 1. The molecule has 0 saturated carbocycles. The van der Waals surface area contributed by atoms with Gasteiger partial charge in [0.2, 0.25) is 0 Å². The van der Waals surface area contributed by atoms with E-state index >= 15 is 0 Å². The first-order valence-corrected chi connectivity index (χ1v) is 9.11. The Hall–Kier alpha value is -2.31. The average molecular weight is 345 g/mol. The van der Waals surface area contributed by atoms with Crippen molar-refractivity contribution < 1.29 is 18.1 Å². The van der Waals surface area contributed by atoms with E-state index in [1.807, 2.05) is 37.3 Å². The first-order chi connectivity index (χ1) is 11.3. The molecular weight excluding hydrogens is 326 g/mol. The summed E-state index contributed by atoms with van der Waals surface area (Å²) in [6, 6.07) is 13.2. The molecule has 0 radical (unpaired) electrons. The van der Waals surface area contributed by atoms with Crippen LogP contribution in [0.25, 0.3) is 11.8 Å². The van der Waals surface area contributed by atoms with E-state index in [2.05, 4.69) is 5.32 Å². The Balaban J connectivity index is 2.06. The maximum Gasteiger partial charge on any atom is 0.272 e. The molecule has 6 heteroatoms. The minimum Gasteiger partial charge on any atom is -0.511 e. The molecule has 0 fully saturated rings. The Kier molecular flexibility index (Phi) is 4.11. The van der Waals surface area contributed by atoms with Crippen LogP contribution < -0.4 is 15.8 Å². The van der Waals surface area contributed by atoms with Crippen LogP contribution in [-0.2, 0) is 10.1 Å². The molecule has 2 aromatic rings. The van der Waals surface area contributed by atoms with Gasteiger partial charge < -0.3 is 10.4 Å². The normalized spacial score (nSPS) is 20.2. The number of aryl methyl sites for hydroxylation is 1. The number of aliphatic hydroxyl groups excluding tert-OH is 1. The van der Waals surface area contributed by atoms with Gasteiger partial charge in [-0.1, -0.05) is 30.7 Å². The van der Waals surface area contributed by atoms with E-state index in [4.69, 9.17) is 0 Å². The summed E-state index contributed by atoms with van der Waals surface area (Å²) in [6.07, 6.45) is 1.48. The molecule has 2 aromatic carbocycles. The van der Waals surface area contributed by atoms with E-state index < -0.39 is 21.3 Å². The molecule has 0 aliphatic heterocycles. The highest BCUT2D eigenvalue weighted by Gasteiger charge is 2.32. The molecule has 3 N–H and O–H groups in total. The molecule has 3 rings (SSSR count). The van der Waals surface area contributed by atoms with E-state index in [0.717, 1.165) is 16.9 Å². The van der Waals surface area contributed by atoms with Crippen LogP contribution in [-0.4, -0.2) is 23.3 Å². The van der Waals surface area contributed by atoms with Crippen molar-refractivity contribution in [3.05, 3.63) is 58.5 Å². The standard InChI is InChI=1S/C18H19NO4S/c1-11-3-5-14(6-4-11)19-15-7-8-16-13(9-15)10-17(24(21,22)23)12(2)18(16)20/h3-10,12,17,19-20H,1-2H3,(H,21,22,23). The highest BCUT2D eigenvalue weighted by atomic mass is 32.2. The van der Waals surface area contributed by atoms with Crippen LogP contribution in [0.4, 0.5) is 11.4 Å². The van der Waals surface area contributed by atoms with Gasteiger partial charge in [0.15, 0.2) is 0 Å². The van der Waals surface area contributed by atoms with Gasteiger partial charge in [0, 0.05) is 22.5 Å². The SMILES string of the molecule is Cc1ccc(Nc2ccc3c(c2)=CC(S(=O)(=O)O)C(C)C=3O)cc1. The largest absolute Gasteiger partial charge is 0.511 e. The van der Waals surface area contributed by atoms with Gasteiger partial charge in [0.25, 0.3) is 10.1 Å². The summed E-state index contributed by atoms with van der Waals surface area (Å²) in [5.41, 5.74) is 2.83. The van der Waals surface area contributed by atoms with Gasteiger partial charge in [0.1, 0.15) is 11.0 Å². The lowest BCUT2D eigenvalue weighted by Crippen LogP contribution is -2.41. The van der Waals surface area contributed by atoms with Gasteiger partial charge in [-0.2, -0.15) is 8.42 Å². The maximum absolute atomic E-state index is 11.5. The molecular formula is C18H19NO4S. The van der Waals surface area contributed by atoms with Gasteiger partial charge in [0.05, 0.1) is 0 Å². The van der Waals surface area contributed by atoms with Crippen molar-refractivity contribution in [1.82, 2.24) is 0 Å². The van der Waals surface area contributed by atoms with Crippen LogP contribution in [0.5, 0.6) is 0 Å². The third kappa shape index (κ3) is 3.16. The van der Waals surface area contributed by atoms with Gasteiger partial charge in [-0.25, -0.2) is 0 Å². The second-order valence-electron chi connectivity index (χ2n) is 6.11. The predicted octanol–water partition coefficient (Wildman–Crippen LogP) is 2.09. The summed E-state index contributed by atoms with van der Waals surface area (Å²) in [5.74, 6) is -0.722. The number of hydrogen-bond donors (Lipinski definition) is 3. The molecule has 0 saturated heterocycles. The minimum absolute atomic E-state index is 0.0305. The number of benzene rings is 2. The third-order valence-corrected chi connectivity index (χ3v) is 5.51. The van der Waals surface area contributed by atoms with Crippen LogP contribution in [0.2, 0.25) is 0 Å². The van der Waals surface area contributed by atoms with Gasteiger partial charge in [-0.15, -0.1) is 0 Å². The molecule has 126 valence electrons. The predicted molar refractivity (Wildman–Crippen MR) is 95.2 cm³/mol. The molecule has 0 heterocycles. The highest BCUT2D eigenvalue weighted by molar-refractivity contribution is 7.86. The van der Waals surface area contributed by atoms with Crippen molar-refractivity contribution in [3.63, 3.8) is 0 Å². The lowest BCUT2D eigenvalue weighted by atomic mass is 9.96. The quantitative estimate of drug-likeness (QED) is 0.742. The Morgan fingerprint density at radius 2 is 1.67 bits per heavy atom. The minimum atomic E-state index is -4.28. The third-order valence-electron chi connectivity index (χ3n) is 4.28. The summed E-state index contributed by atoms with van der Waals surface area (Å²) < 4.78 is 32.5. The number of hydrogen-bond acceptors (Lipinski definition) is 4. The Bertz CT molecular complexity index is 994. The Morgan fingerprint density at radius 3 is 2.29 bits per heavy atom. The molecule has 1 aliphatic carbocycles. The molecule has 0 aromatic heterocycles. The van der Waals surface area contributed by atoms with Crippen LogP contribution in [0.15, 0.2) is 42.5 Å². The van der Waals surface area contributed by atoms with Crippen LogP contribution in [0.3, 0.4) is 0 Å². The zero-order valence-corrected chi connectivity index (χ0v) is 14.2.